The molecule has 1 nitrogen and oxygen atoms in total. The normalized spacial score (nSPS) is 24.8. The van der Waals surface area contributed by atoms with E-state index in [1.54, 1.807) is 0 Å². The van der Waals surface area contributed by atoms with E-state index in [1.807, 2.05) is 12.2 Å². The van der Waals surface area contributed by atoms with Crippen molar-refractivity contribution in [2.24, 2.45) is 10.8 Å². The highest BCUT2D eigenvalue weighted by atomic mass is 16.1. The van der Waals surface area contributed by atoms with Gasteiger partial charge in [0.25, 0.3) is 0 Å². The Labute approximate surface area is 124 Å². The second kappa shape index (κ2) is 6.74. The van der Waals surface area contributed by atoms with Gasteiger partial charge < -0.3 is 0 Å². The van der Waals surface area contributed by atoms with Gasteiger partial charge in [0.1, 0.15) is 5.78 Å². The maximum absolute atomic E-state index is 13.5. The van der Waals surface area contributed by atoms with Crippen LogP contribution in [0.5, 0.6) is 0 Å². The lowest BCUT2D eigenvalue weighted by molar-refractivity contribution is -0.143. The van der Waals surface area contributed by atoms with Crippen molar-refractivity contribution < 1.29 is 4.79 Å². The highest BCUT2D eigenvalue weighted by Crippen LogP contribution is 2.51. The van der Waals surface area contributed by atoms with Gasteiger partial charge >= 0.3 is 0 Å². The Bertz CT molecular complexity index is 320. The Morgan fingerprint density at radius 3 is 1.40 bits per heavy atom. The lowest BCUT2D eigenvalue weighted by Crippen LogP contribution is -2.45. The van der Waals surface area contributed by atoms with Crippen molar-refractivity contribution in [1.29, 1.82) is 0 Å². The van der Waals surface area contributed by atoms with Gasteiger partial charge in [0.15, 0.2) is 0 Å². The van der Waals surface area contributed by atoms with Gasteiger partial charge in [-0.05, 0) is 38.5 Å². The molecule has 2 rings (SSSR count). The van der Waals surface area contributed by atoms with Crippen molar-refractivity contribution in [3.63, 3.8) is 0 Å². The summed E-state index contributed by atoms with van der Waals surface area (Å²) in [5.41, 5.74) is -0.194. The maximum Gasteiger partial charge on any atom is 0.145 e. The van der Waals surface area contributed by atoms with E-state index >= 15 is 0 Å². The molecule has 2 fully saturated rings. The van der Waals surface area contributed by atoms with E-state index in [2.05, 4.69) is 13.2 Å². The lowest BCUT2D eigenvalue weighted by Gasteiger charge is -2.45. The van der Waals surface area contributed by atoms with Gasteiger partial charge in [-0.3, -0.25) is 4.79 Å². The van der Waals surface area contributed by atoms with Gasteiger partial charge in [0, 0.05) is 10.8 Å². The van der Waals surface area contributed by atoms with Crippen LogP contribution in [0.3, 0.4) is 0 Å². The molecule has 0 unspecified atom stereocenters. The third-order valence-corrected chi connectivity index (χ3v) is 5.65. The summed E-state index contributed by atoms with van der Waals surface area (Å²) in [6, 6.07) is 0. The second-order valence-corrected chi connectivity index (χ2v) is 7.00. The first-order valence-corrected chi connectivity index (χ1v) is 8.46. The zero-order valence-corrected chi connectivity index (χ0v) is 13.0. The van der Waals surface area contributed by atoms with E-state index in [-0.39, 0.29) is 10.8 Å². The van der Waals surface area contributed by atoms with Gasteiger partial charge in [0.05, 0.1) is 0 Å². The molecular weight excluding hydrogens is 244 g/mol. The highest BCUT2D eigenvalue weighted by Gasteiger charge is 2.49. The smallest absolute Gasteiger partial charge is 0.145 e. The third kappa shape index (κ3) is 2.92. The zero-order valence-electron chi connectivity index (χ0n) is 13.0. The summed E-state index contributed by atoms with van der Waals surface area (Å²) in [6.07, 6.45) is 17.5. The summed E-state index contributed by atoms with van der Waals surface area (Å²) < 4.78 is 0. The first-order chi connectivity index (χ1) is 9.69. The Hall–Kier alpha value is -0.850. The Morgan fingerprint density at radius 1 is 0.750 bits per heavy atom. The van der Waals surface area contributed by atoms with Crippen LogP contribution < -0.4 is 0 Å². The van der Waals surface area contributed by atoms with Crippen LogP contribution >= 0.6 is 0 Å². The minimum Gasteiger partial charge on any atom is -0.298 e. The minimum atomic E-state index is -0.0969. The fraction of sp³-hybridized carbons (Fsp3) is 0.737. The van der Waals surface area contributed by atoms with E-state index in [0.29, 0.717) is 5.78 Å². The summed E-state index contributed by atoms with van der Waals surface area (Å²) in [4.78, 5) is 13.5. The van der Waals surface area contributed by atoms with E-state index in [1.165, 1.54) is 38.5 Å². The van der Waals surface area contributed by atoms with Crippen LogP contribution in [0.2, 0.25) is 0 Å². The molecule has 1 heteroatoms. The predicted molar refractivity (Wildman–Crippen MR) is 85.7 cm³/mol. The van der Waals surface area contributed by atoms with E-state index < -0.39 is 0 Å². The monoisotopic (exact) mass is 274 g/mol. The van der Waals surface area contributed by atoms with Crippen LogP contribution in [0.4, 0.5) is 0 Å². The molecule has 112 valence electrons. The van der Waals surface area contributed by atoms with Crippen molar-refractivity contribution in [2.75, 3.05) is 0 Å². The molecule has 0 aromatic carbocycles. The molecule has 0 N–H and O–H groups in total. The van der Waals surface area contributed by atoms with Crippen molar-refractivity contribution in [1.82, 2.24) is 0 Å². The molecule has 0 aromatic rings. The average Bonchev–Trinajstić information content (AvgIpc) is 2.49. The molecular formula is C19H30O. The fourth-order valence-electron chi connectivity index (χ4n) is 4.62. The van der Waals surface area contributed by atoms with E-state index in [0.717, 1.165) is 38.5 Å². The standard InChI is InChI=1S/C19H30O/c1-3-11-18(13-7-5-8-14-18)17(20)19(12-4-2)15-9-6-10-16-19/h3-4H,1-2,5-16H2. The van der Waals surface area contributed by atoms with E-state index in [4.69, 9.17) is 0 Å². The van der Waals surface area contributed by atoms with Crippen LogP contribution in [0.15, 0.2) is 25.3 Å². The molecule has 0 heterocycles. The molecule has 0 bridgehead atoms. The van der Waals surface area contributed by atoms with Crippen molar-refractivity contribution in [3.05, 3.63) is 25.3 Å². The summed E-state index contributed by atoms with van der Waals surface area (Å²) in [7, 11) is 0. The Kier molecular flexibility index (Phi) is 5.23. The van der Waals surface area contributed by atoms with Crippen molar-refractivity contribution in [2.45, 2.75) is 77.0 Å². The predicted octanol–water partition coefficient (Wildman–Crippen LogP) is 5.61. The van der Waals surface area contributed by atoms with Gasteiger partial charge in [0.2, 0.25) is 0 Å². The number of carbonyl (C=O) groups excluding carboxylic acids is 1. The van der Waals surface area contributed by atoms with Crippen LogP contribution in [-0.4, -0.2) is 5.78 Å². The number of Topliss-reactive ketones (excluding diaryl/α,β-unsaturated/α-hetero) is 1. The molecule has 2 aliphatic carbocycles. The summed E-state index contributed by atoms with van der Waals surface area (Å²) in [5.74, 6) is 0.559. The van der Waals surface area contributed by atoms with Crippen LogP contribution in [-0.2, 0) is 4.79 Å². The summed E-state index contributed by atoms with van der Waals surface area (Å²) >= 11 is 0. The number of rotatable bonds is 6. The highest BCUT2D eigenvalue weighted by molar-refractivity contribution is 5.91. The third-order valence-electron chi connectivity index (χ3n) is 5.65. The molecule has 0 amide bonds. The van der Waals surface area contributed by atoms with Gasteiger partial charge in [-0.15, -0.1) is 13.2 Å². The maximum atomic E-state index is 13.5. The van der Waals surface area contributed by atoms with Gasteiger partial charge in [-0.1, -0.05) is 50.7 Å². The van der Waals surface area contributed by atoms with Crippen LogP contribution in [0, 0.1) is 10.8 Å². The number of allylic oxidation sites excluding steroid dienone is 2. The molecule has 20 heavy (non-hydrogen) atoms. The number of ketones is 1. The fourth-order valence-corrected chi connectivity index (χ4v) is 4.62. The largest absolute Gasteiger partial charge is 0.298 e. The topological polar surface area (TPSA) is 17.1 Å². The number of hydrogen-bond acceptors (Lipinski definition) is 1. The molecule has 0 radical (unpaired) electrons. The zero-order chi connectivity index (χ0) is 14.5. The van der Waals surface area contributed by atoms with Crippen LogP contribution in [0.1, 0.15) is 77.0 Å². The second-order valence-electron chi connectivity index (χ2n) is 7.00. The van der Waals surface area contributed by atoms with E-state index in [9.17, 15) is 4.79 Å². The first kappa shape index (κ1) is 15.5. The molecule has 0 atom stereocenters. The first-order valence-electron chi connectivity index (χ1n) is 8.46. The minimum absolute atomic E-state index is 0.0969. The molecule has 0 saturated heterocycles. The van der Waals surface area contributed by atoms with Crippen LogP contribution in [0.25, 0.3) is 0 Å². The molecule has 2 saturated carbocycles. The molecule has 0 spiro atoms. The summed E-state index contributed by atoms with van der Waals surface area (Å²) in [6.45, 7) is 7.85. The quantitative estimate of drug-likeness (QED) is 0.575. The van der Waals surface area contributed by atoms with Crippen molar-refractivity contribution >= 4 is 5.78 Å². The average molecular weight is 274 g/mol. The lowest BCUT2D eigenvalue weighted by atomic mass is 9.57. The SMILES string of the molecule is C=CCC1(C(=O)C2(CC=C)CCCCC2)CCCCC1. The number of carbonyl (C=O) groups is 1. The molecule has 0 aliphatic heterocycles. The number of hydrogen-bond donors (Lipinski definition) is 0. The molecule has 0 aromatic heterocycles. The Balaban J connectivity index is 2.27. The Morgan fingerprint density at radius 2 is 1.10 bits per heavy atom. The summed E-state index contributed by atoms with van der Waals surface area (Å²) in [5, 5.41) is 0. The molecule has 2 aliphatic rings. The van der Waals surface area contributed by atoms with Gasteiger partial charge in [-0.2, -0.15) is 0 Å². The van der Waals surface area contributed by atoms with Gasteiger partial charge in [-0.25, -0.2) is 0 Å². The van der Waals surface area contributed by atoms with Crippen molar-refractivity contribution in [3.8, 4) is 0 Å².